The number of rotatable bonds is 7. The van der Waals surface area contributed by atoms with Gasteiger partial charge in [-0.2, -0.15) is 5.10 Å². The van der Waals surface area contributed by atoms with E-state index < -0.39 is 0 Å². The Kier molecular flexibility index (Phi) is 5.19. The van der Waals surface area contributed by atoms with Crippen LogP contribution in [0.2, 0.25) is 0 Å². The minimum Gasteiger partial charge on any atom is -0.315 e. The molecule has 0 bridgehead atoms. The Morgan fingerprint density at radius 1 is 1.35 bits per heavy atom. The fourth-order valence-corrected chi connectivity index (χ4v) is 1.91. The lowest BCUT2D eigenvalue weighted by molar-refractivity contribution is 0.298. The number of aryl methyl sites for hydroxylation is 2. The quantitative estimate of drug-likeness (QED) is 0.790. The second-order valence-electron chi connectivity index (χ2n) is 6.05. The van der Waals surface area contributed by atoms with Crippen molar-refractivity contribution in [2.24, 2.45) is 12.5 Å². The van der Waals surface area contributed by atoms with Gasteiger partial charge >= 0.3 is 0 Å². The van der Waals surface area contributed by atoms with Crippen LogP contribution in [0.15, 0.2) is 12.4 Å². The zero-order valence-electron chi connectivity index (χ0n) is 12.0. The average Bonchev–Trinajstić information content (AvgIpc) is 2.61. The minimum absolute atomic E-state index is 0.401. The molecule has 0 radical (unpaired) electrons. The second kappa shape index (κ2) is 6.20. The molecule has 0 aromatic carbocycles. The molecule has 1 aromatic heterocycles. The second-order valence-corrected chi connectivity index (χ2v) is 6.05. The van der Waals surface area contributed by atoms with E-state index in [1.165, 1.54) is 18.4 Å². The third-order valence-electron chi connectivity index (χ3n) is 3.20. The van der Waals surface area contributed by atoms with Crippen molar-refractivity contribution in [2.75, 3.05) is 6.54 Å². The summed E-state index contributed by atoms with van der Waals surface area (Å²) in [6.45, 7) is 10.2. The summed E-state index contributed by atoms with van der Waals surface area (Å²) in [6.07, 6.45) is 7.66. The Hall–Kier alpha value is -0.830. The summed E-state index contributed by atoms with van der Waals surface area (Å²) in [5.41, 5.74) is 1.75. The maximum absolute atomic E-state index is 4.21. The Morgan fingerprint density at radius 2 is 2.06 bits per heavy atom. The van der Waals surface area contributed by atoms with Crippen LogP contribution >= 0.6 is 0 Å². The molecule has 17 heavy (non-hydrogen) atoms. The maximum atomic E-state index is 4.21. The van der Waals surface area contributed by atoms with Gasteiger partial charge in [-0.25, -0.2) is 0 Å². The van der Waals surface area contributed by atoms with Crippen LogP contribution in [0.25, 0.3) is 0 Å². The molecular weight excluding hydrogens is 210 g/mol. The molecule has 0 aliphatic carbocycles. The standard InChI is InChI=1S/C14H27N3/c1-12(2)15-9-8-14(3,4)7-6-13-10-16-17(5)11-13/h10-12,15H,6-9H2,1-5H3. The van der Waals surface area contributed by atoms with Gasteiger partial charge in [0.25, 0.3) is 0 Å². The van der Waals surface area contributed by atoms with Crippen molar-refractivity contribution in [3.8, 4) is 0 Å². The fourth-order valence-electron chi connectivity index (χ4n) is 1.91. The van der Waals surface area contributed by atoms with Crippen molar-refractivity contribution >= 4 is 0 Å². The van der Waals surface area contributed by atoms with E-state index >= 15 is 0 Å². The summed E-state index contributed by atoms with van der Waals surface area (Å²) in [6, 6.07) is 0.587. The van der Waals surface area contributed by atoms with Crippen LogP contribution in [0.3, 0.4) is 0 Å². The lowest BCUT2D eigenvalue weighted by atomic mass is 9.83. The molecule has 0 saturated heterocycles. The molecular formula is C14H27N3. The molecule has 0 unspecified atom stereocenters. The Labute approximate surface area is 106 Å². The van der Waals surface area contributed by atoms with E-state index in [0.29, 0.717) is 11.5 Å². The summed E-state index contributed by atoms with van der Waals surface area (Å²) in [5, 5.41) is 7.69. The van der Waals surface area contributed by atoms with E-state index in [1.807, 2.05) is 17.9 Å². The summed E-state index contributed by atoms with van der Waals surface area (Å²) in [4.78, 5) is 0. The zero-order valence-corrected chi connectivity index (χ0v) is 12.0. The number of nitrogens with one attached hydrogen (secondary N) is 1. The van der Waals surface area contributed by atoms with E-state index in [4.69, 9.17) is 0 Å². The summed E-state index contributed by atoms with van der Waals surface area (Å²) < 4.78 is 1.88. The highest BCUT2D eigenvalue weighted by Gasteiger charge is 2.17. The summed E-state index contributed by atoms with van der Waals surface area (Å²) in [7, 11) is 1.97. The van der Waals surface area contributed by atoms with Gasteiger partial charge in [-0.1, -0.05) is 27.7 Å². The average molecular weight is 237 g/mol. The molecule has 1 N–H and O–H groups in total. The van der Waals surface area contributed by atoms with Gasteiger partial charge in [0.05, 0.1) is 6.20 Å². The van der Waals surface area contributed by atoms with E-state index in [1.54, 1.807) is 0 Å². The molecule has 3 nitrogen and oxygen atoms in total. The number of nitrogens with zero attached hydrogens (tertiary/aromatic N) is 2. The van der Waals surface area contributed by atoms with Gasteiger partial charge in [-0.05, 0) is 36.8 Å². The van der Waals surface area contributed by atoms with Crippen molar-refractivity contribution in [2.45, 2.75) is 53.0 Å². The molecule has 0 aliphatic rings. The molecule has 3 heteroatoms. The van der Waals surface area contributed by atoms with Crippen molar-refractivity contribution in [1.82, 2.24) is 15.1 Å². The lowest BCUT2D eigenvalue weighted by Crippen LogP contribution is -2.28. The van der Waals surface area contributed by atoms with Gasteiger partial charge in [0.1, 0.15) is 0 Å². The Bertz CT molecular complexity index is 326. The number of hydrogen-bond donors (Lipinski definition) is 1. The Morgan fingerprint density at radius 3 is 2.59 bits per heavy atom. The monoisotopic (exact) mass is 237 g/mol. The van der Waals surface area contributed by atoms with Gasteiger partial charge in [-0.15, -0.1) is 0 Å². The highest BCUT2D eigenvalue weighted by Crippen LogP contribution is 2.26. The van der Waals surface area contributed by atoms with E-state index in [9.17, 15) is 0 Å². The van der Waals surface area contributed by atoms with Crippen molar-refractivity contribution in [3.05, 3.63) is 18.0 Å². The van der Waals surface area contributed by atoms with Crippen LogP contribution in [-0.2, 0) is 13.5 Å². The smallest absolute Gasteiger partial charge is 0.0521 e. The fraction of sp³-hybridized carbons (Fsp3) is 0.786. The molecule has 1 heterocycles. The molecule has 0 fully saturated rings. The Balaban J connectivity index is 2.28. The van der Waals surface area contributed by atoms with E-state index in [2.05, 4.69) is 44.3 Å². The summed E-state index contributed by atoms with van der Waals surface area (Å²) >= 11 is 0. The van der Waals surface area contributed by atoms with Crippen LogP contribution < -0.4 is 5.32 Å². The SMILES string of the molecule is CC(C)NCCC(C)(C)CCc1cnn(C)c1. The van der Waals surface area contributed by atoms with Crippen molar-refractivity contribution < 1.29 is 0 Å². The van der Waals surface area contributed by atoms with Gasteiger partial charge < -0.3 is 5.32 Å². The van der Waals surface area contributed by atoms with Crippen LogP contribution in [0.5, 0.6) is 0 Å². The first kappa shape index (κ1) is 14.2. The topological polar surface area (TPSA) is 29.9 Å². The summed E-state index contributed by atoms with van der Waals surface area (Å²) in [5.74, 6) is 0. The molecule has 0 aliphatic heterocycles. The third-order valence-corrected chi connectivity index (χ3v) is 3.20. The largest absolute Gasteiger partial charge is 0.315 e. The molecule has 98 valence electrons. The van der Waals surface area contributed by atoms with E-state index in [0.717, 1.165) is 13.0 Å². The molecule has 1 rings (SSSR count). The van der Waals surface area contributed by atoms with Crippen LogP contribution in [0.1, 0.15) is 46.1 Å². The van der Waals surface area contributed by atoms with E-state index in [-0.39, 0.29) is 0 Å². The highest BCUT2D eigenvalue weighted by atomic mass is 15.2. The number of aromatic nitrogens is 2. The molecule has 0 atom stereocenters. The normalized spacial score (nSPS) is 12.4. The van der Waals surface area contributed by atoms with Crippen molar-refractivity contribution in [1.29, 1.82) is 0 Å². The predicted octanol–water partition coefficient (Wildman–Crippen LogP) is 2.77. The lowest BCUT2D eigenvalue weighted by Gasteiger charge is -2.25. The van der Waals surface area contributed by atoms with Gasteiger partial charge in [0, 0.05) is 19.3 Å². The first-order chi connectivity index (χ1) is 7.89. The van der Waals surface area contributed by atoms with Crippen LogP contribution in [-0.4, -0.2) is 22.4 Å². The number of hydrogen-bond acceptors (Lipinski definition) is 2. The van der Waals surface area contributed by atoms with Gasteiger partial charge in [-0.3, -0.25) is 4.68 Å². The minimum atomic E-state index is 0.401. The molecule has 0 spiro atoms. The van der Waals surface area contributed by atoms with Crippen LogP contribution in [0.4, 0.5) is 0 Å². The highest BCUT2D eigenvalue weighted by molar-refractivity contribution is 5.04. The predicted molar refractivity (Wildman–Crippen MR) is 73.1 cm³/mol. The van der Waals surface area contributed by atoms with Gasteiger partial charge in [0.2, 0.25) is 0 Å². The molecule has 0 amide bonds. The van der Waals surface area contributed by atoms with Crippen molar-refractivity contribution in [3.63, 3.8) is 0 Å². The van der Waals surface area contributed by atoms with Crippen LogP contribution in [0, 0.1) is 5.41 Å². The third kappa shape index (κ3) is 5.87. The maximum Gasteiger partial charge on any atom is 0.0521 e. The first-order valence-corrected chi connectivity index (χ1v) is 6.60. The van der Waals surface area contributed by atoms with Gasteiger partial charge in [0.15, 0.2) is 0 Å². The molecule has 1 aromatic rings. The zero-order chi connectivity index (χ0) is 12.9. The molecule has 0 saturated carbocycles. The first-order valence-electron chi connectivity index (χ1n) is 6.60.